The summed E-state index contributed by atoms with van der Waals surface area (Å²) in [5, 5.41) is 6.36. The predicted octanol–water partition coefficient (Wildman–Crippen LogP) is 1.23. The van der Waals surface area contributed by atoms with Crippen molar-refractivity contribution in [1.82, 2.24) is 20.5 Å². The van der Waals surface area contributed by atoms with Gasteiger partial charge in [0.2, 0.25) is 5.91 Å². The highest BCUT2D eigenvalue weighted by molar-refractivity contribution is 5.75. The van der Waals surface area contributed by atoms with E-state index < -0.39 is 0 Å². The van der Waals surface area contributed by atoms with Gasteiger partial charge in [0.15, 0.2) is 0 Å². The Morgan fingerprint density at radius 2 is 2.16 bits per heavy atom. The SMILES string of the molecule is CCN1CCN(c2ccc(CNC(=O)CCC3CCNC3)cn2)CC1. The van der Waals surface area contributed by atoms with Crippen molar-refractivity contribution in [3.05, 3.63) is 23.9 Å². The van der Waals surface area contributed by atoms with Crippen LogP contribution in [0.25, 0.3) is 0 Å². The lowest BCUT2D eigenvalue weighted by Gasteiger charge is -2.34. The Morgan fingerprint density at radius 3 is 2.80 bits per heavy atom. The summed E-state index contributed by atoms with van der Waals surface area (Å²) in [6, 6.07) is 4.16. The Labute approximate surface area is 151 Å². The summed E-state index contributed by atoms with van der Waals surface area (Å²) in [7, 11) is 0. The second kappa shape index (κ2) is 9.15. The summed E-state index contributed by atoms with van der Waals surface area (Å²) in [5.41, 5.74) is 1.06. The van der Waals surface area contributed by atoms with Crippen LogP contribution < -0.4 is 15.5 Å². The number of pyridine rings is 1. The summed E-state index contributed by atoms with van der Waals surface area (Å²) in [6.07, 6.45) is 4.70. The third kappa shape index (κ3) is 5.41. The number of likely N-dealkylation sites (N-methyl/N-ethyl adjacent to an activating group) is 1. The molecule has 0 saturated carbocycles. The smallest absolute Gasteiger partial charge is 0.220 e. The van der Waals surface area contributed by atoms with Crippen LogP contribution in [0.4, 0.5) is 5.82 Å². The first-order valence-electron chi connectivity index (χ1n) is 9.64. The molecule has 2 aliphatic heterocycles. The first-order chi connectivity index (χ1) is 12.2. The van der Waals surface area contributed by atoms with Crippen LogP contribution in [0.2, 0.25) is 0 Å². The Morgan fingerprint density at radius 1 is 1.32 bits per heavy atom. The molecule has 6 nitrogen and oxygen atoms in total. The van der Waals surface area contributed by atoms with Gasteiger partial charge in [-0.15, -0.1) is 0 Å². The maximum Gasteiger partial charge on any atom is 0.220 e. The Bertz CT molecular complexity index is 533. The third-order valence-electron chi connectivity index (χ3n) is 5.38. The molecule has 2 N–H and O–H groups in total. The standard InChI is InChI=1S/C19H31N5O/c1-2-23-9-11-24(12-10-23)18-5-3-17(14-21-18)15-22-19(25)6-4-16-7-8-20-13-16/h3,5,14,16,20H,2,4,6-13,15H2,1H3,(H,22,25). The molecular weight excluding hydrogens is 314 g/mol. The fraction of sp³-hybridized carbons (Fsp3) is 0.684. The third-order valence-corrected chi connectivity index (χ3v) is 5.38. The minimum atomic E-state index is 0.145. The van der Waals surface area contributed by atoms with Crippen molar-refractivity contribution in [3.63, 3.8) is 0 Å². The Hall–Kier alpha value is -1.66. The molecular formula is C19H31N5O. The maximum atomic E-state index is 12.0. The van der Waals surface area contributed by atoms with E-state index in [1.54, 1.807) is 0 Å². The van der Waals surface area contributed by atoms with Gasteiger partial charge in [0.05, 0.1) is 0 Å². The summed E-state index contributed by atoms with van der Waals surface area (Å²) in [4.78, 5) is 21.4. The van der Waals surface area contributed by atoms with E-state index in [0.29, 0.717) is 18.9 Å². The van der Waals surface area contributed by atoms with Crippen molar-refractivity contribution >= 4 is 11.7 Å². The van der Waals surface area contributed by atoms with E-state index in [2.05, 4.69) is 44.5 Å². The number of aromatic nitrogens is 1. The van der Waals surface area contributed by atoms with Crippen LogP contribution in [0.15, 0.2) is 18.3 Å². The number of nitrogens with one attached hydrogen (secondary N) is 2. The van der Waals surface area contributed by atoms with E-state index in [1.165, 1.54) is 6.42 Å². The molecule has 2 aliphatic rings. The number of piperazine rings is 1. The van der Waals surface area contributed by atoms with Crippen molar-refractivity contribution in [2.24, 2.45) is 5.92 Å². The largest absolute Gasteiger partial charge is 0.354 e. The lowest BCUT2D eigenvalue weighted by molar-refractivity contribution is -0.121. The predicted molar refractivity (Wildman–Crippen MR) is 101 cm³/mol. The number of rotatable bonds is 7. The van der Waals surface area contributed by atoms with E-state index >= 15 is 0 Å². The molecule has 3 heterocycles. The first kappa shape index (κ1) is 18.1. The quantitative estimate of drug-likeness (QED) is 0.778. The van der Waals surface area contributed by atoms with Crippen LogP contribution >= 0.6 is 0 Å². The topological polar surface area (TPSA) is 60.5 Å². The molecule has 1 atom stereocenters. The molecule has 2 fully saturated rings. The van der Waals surface area contributed by atoms with Crippen LogP contribution in [-0.2, 0) is 11.3 Å². The monoisotopic (exact) mass is 345 g/mol. The number of carbonyl (C=O) groups excluding carboxylic acids is 1. The van der Waals surface area contributed by atoms with Crippen molar-refractivity contribution in [1.29, 1.82) is 0 Å². The van der Waals surface area contributed by atoms with Gasteiger partial charge < -0.3 is 20.4 Å². The molecule has 0 radical (unpaired) electrons. The summed E-state index contributed by atoms with van der Waals surface area (Å²) in [5.74, 6) is 1.85. The van der Waals surface area contributed by atoms with Crippen LogP contribution in [0, 0.1) is 5.92 Å². The zero-order valence-corrected chi connectivity index (χ0v) is 15.3. The zero-order chi connectivity index (χ0) is 17.5. The molecule has 0 aliphatic carbocycles. The van der Waals surface area contributed by atoms with Gasteiger partial charge in [-0.05, 0) is 50.0 Å². The molecule has 3 rings (SSSR count). The summed E-state index contributed by atoms with van der Waals surface area (Å²) < 4.78 is 0. The minimum absolute atomic E-state index is 0.145. The van der Waals surface area contributed by atoms with Crippen molar-refractivity contribution in [2.75, 3.05) is 50.7 Å². The summed E-state index contributed by atoms with van der Waals surface area (Å²) >= 11 is 0. The van der Waals surface area contributed by atoms with E-state index in [0.717, 1.165) is 63.6 Å². The van der Waals surface area contributed by atoms with Gasteiger partial charge in [0.1, 0.15) is 5.82 Å². The van der Waals surface area contributed by atoms with Crippen molar-refractivity contribution in [2.45, 2.75) is 32.7 Å². The minimum Gasteiger partial charge on any atom is -0.354 e. The molecule has 0 bridgehead atoms. The molecule has 138 valence electrons. The lowest BCUT2D eigenvalue weighted by Crippen LogP contribution is -2.46. The van der Waals surface area contributed by atoms with Gasteiger partial charge in [0.25, 0.3) is 0 Å². The highest BCUT2D eigenvalue weighted by Gasteiger charge is 2.17. The van der Waals surface area contributed by atoms with E-state index in [9.17, 15) is 4.79 Å². The molecule has 25 heavy (non-hydrogen) atoms. The van der Waals surface area contributed by atoms with Gasteiger partial charge in [-0.3, -0.25) is 4.79 Å². The average molecular weight is 345 g/mol. The number of carbonyl (C=O) groups is 1. The van der Waals surface area contributed by atoms with Crippen LogP contribution in [0.3, 0.4) is 0 Å². The van der Waals surface area contributed by atoms with E-state index in [1.807, 2.05) is 6.20 Å². The summed E-state index contributed by atoms with van der Waals surface area (Å²) in [6.45, 7) is 10.3. The highest BCUT2D eigenvalue weighted by Crippen LogP contribution is 2.15. The normalized spacial score (nSPS) is 21.5. The lowest BCUT2D eigenvalue weighted by atomic mass is 10.0. The number of hydrogen-bond donors (Lipinski definition) is 2. The average Bonchev–Trinajstić information content (AvgIpc) is 3.19. The molecule has 1 unspecified atom stereocenters. The maximum absolute atomic E-state index is 12.0. The molecule has 1 aromatic heterocycles. The fourth-order valence-corrected chi connectivity index (χ4v) is 3.59. The van der Waals surface area contributed by atoms with Gasteiger partial charge in [-0.1, -0.05) is 13.0 Å². The van der Waals surface area contributed by atoms with Gasteiger partial charge in [0, 0.05) is 45.3 Å². The van der Waals surface area contributed by atoms with Gasteiger partial charge >= 0.3 is 0 Å². The second-order valence-electron chi connectivity index (χ2n) is 7.12. The Balaban J connectivity index is 1.39. The van der Waals surface area contributed by atoms with Crippen molar-refractivity contribution in [3.8, 4) is 0 Å². The number of hydrogen-bond acceptors (Lipinski definition) is 5. The van der Waals surface area contributed by atoms with Gasteiger partial charge in [-0.2, -0.15) is 0 Å². The molecule has 2 saturated heterocycles. The molecule has 0 aromatic carbocycles. The van der Waals surface area contributed by atoms with Crippen LogP contribution in [0.5, 0.6) is 0 Å². The first-order valence-corrected chi connectivity index (χ1v) is 9.64. The molecule has 0 spiro atoms. The van der Waals surface area contributed by atoms with E-state index in [4.69, 9.17) is 0 Å². The Kier molecular flexibility index (Phi) is 6.64. The highest BCUT2D eigenvalue weighted by atomic mass is 16.1. The molecule has 6 heteroatoms. The van der Waals surface area contributed by atoms with Crippen molar-refractivity contribution < 1.29 is 4.79 Å². The zero-order valence-electron chi connectivity index (χ0n) is 15.3. The van der Waals surface area contributed by atoms with Gasteiger partial charge in [-0.25, -0.2) is 4.98 Å². The van der Waals surface area contributed by atoms with E-state index in [-0.39, 0.29) is 5.91 Å². The number of anilines is 1. The second-order valence-corrected chi connectivity index (χ2v) is 7.12. The number of nitrogens with zero attached hydrogens (tertiary/aromatic N) is 3. The molecule has 1 aromatic rings. The van der Waals surface area contributed by atoms with Crippen LogP contribution in [0.1, 0.15) is 31.7 Å². The molecule has 1 amide bonds. The fourth-order valence-electron chi connectivity index (χ4n) is 3.59. The van der Waals surface area contributed by atoms with Crippen LogP contribution in [-0.4, -0.2) is 61.6 Å². The number of amides is 1.